The van der Waals surface area contributed by atoms with Gasteiger partial charge < -0.3 is 19.9 Å². The Morgan fingerprint density at radius 2 is 2.13 bits per heavy atom. The SMILES string of the molecule is CNc1c(Cl)ncnc1NCc1nc2cc(OC)ccc2n1C. The van der Waals surface area contributed by atoms with Crippen molar-refractivity contribution < 1.29 is 4.74 Å². The molecule has 0 unspecified atom stereocenters. The van der Waals surface area contributed by atoms with Crippen LogP contribution in [-0.4, -0.2) is 33.7 Å². The Morgan fingerprint density at radius 1 is 1.30 bits per heavy atom. The van der Waals surface area contributed by atoms with Crippen molar-refractivity contribution in [1.29, 1.82) is 0 Å². The molecule has 8 heteroatoms. The molecule has 23 heavy (non-hydrogen) atoms. The van der Waals surface area contributed by atoms with E-state index in [0.29, 0.717) is 23.2 Å². The molecule has 0 radical (unpaired) electrons. The molecular weight excluding hydrogens is 316 g/mol. The van der Waals surface area contributed by atoms with Crippen LogP contribution in [0.15, 0.2) is 24.5 Å². The van der Waals surface area contributed by atoms with Gasteiger partial charge in [-0.25, -0.2) is 15.0 Å². The van der Waals surface area contributed by atoms with Crippen LogP contribution in [0.4, 0.5) is 11.5 Å². The van der Waals surface area contributed by atoms with Gasteiger partial charge in [-0.1, -0.05) is 11.6 Å². The van der Waals surface area contributed by atoms with Crippen LogP contribution in [0.25, 0.3) is 11.0 Å². The normalized spacial score (nSPS) is 10.8. The predicted octanol–water partition coefficient (Wildman–Crippen LogP) is 2.68. The quantitative estimate of drug-likeness (QED) is 0.699. The van der Waals surface area contributed by atoms with Gasteiger partial charge in [0.15, 0.2) is 11.0 Å². The molecule has 0 aliphatic heterocycles. The topological polar surface area (TPSA) is 76.9 Å². The maximum absolute atomic E-state index is 6.05. The Balaban J connectivity index is 1.88. The van der Waals surface area contributed by atoms with Crippen molar-refractivity contribution in [3.63, 3.8) is 0 Å². The summed E-state index contributed by atoms with van der Waals surface area (Å²) in [6.45, 7) is 0.509. The summed E-state index contributed by atoms with van der Waals surface area (Å²) < 4.78 is 7.27. The van der Waals surface area contributed by atoms with E-state index < -0.39 is 0 Å². The van der Waals surface area contributed by atoms with E-state index in [-0.39, 0.29) is 0 Å². The molecule has 3 rings (SSSR count). The molecule has 0 bridgehead atoms. The maximum Gasteiger partial charge on any atom is 0.157 e. The monoisotopic (exact) mass is 332 g/mol. The van der Waals surface area contributed by atoms with E-state index in [2.05, 4.69) is 25.6 Å². The molecule has 3 aromatic rings. The lowest BCUT2D eigenvalue weighted by Gasteiger charge is -2.11. The standard InChI is InChI=1S/C15H17ClN6O/c1-17-13-14(16)19-8-20-15(13)18-7-12-21-10-6-9(23-3)4-5-11(10)22(12)2/h4-6,8,17H,7H2,1-3H3,(H,18,19,20). The summed E-state index contributed by atoms with van der Waals surface area (Å²) in [7, 11) is 5.40. The number of anilines is 2. The molecule has 2 N–H and O–H groups in total. The summed E-state index contributed by atoms with van der Waals surface area (Å²) in [6.07, 6.45) is 1.42. The minimum Gasteiger partial charge on any atom is -0.497 e. The number of aryl methyl sites for hydroxylation is 1. The molecule has 0 amide bonds. The van der Waals surface area contributed by atoms with Gasteiger partial charge in [-0.05, 0) is 12.1 Å². The minimum absolute atomic E-state index is 0.375. The van der Waals surface area contributed by atoms with Crippen LogP contribution in [0.5, 0.6) is 5.75 Å². The van der Waals surface area contributed by atoms with E-state index in [9.17, 15) is 0 Å². The highest BCUT2D eigenvalue weighted by atomic mass is 35.5. The highest BCUT2D eigenvalue weighted by Gasteiger charge is 2.11. The first-order valence-corrected chi connectivity index (χ1v) is 7.43. The zero-order valence-electron chi connectivity index (χ0n) is 13.1. The average Bonchev–Trinajstić information content (AvgIpc) is 2.88. The van der Waals surface area contributed by atoms with Gasteiger partial charge in [-0.2, -0.15) is 0 Å². The van der Waals surface area contributed by atoms with Gasteiger partial charge in [-0.15, -0.1) is 0 Å². The molecule has 0 aliphatic rings. The summed E-state index contributed by atoms with van der Waals surface area (Å²) in [4.78, 5) is 12.8. The zero-order chi connectivity index (χ0) is 16.4. The number of fused-ring (bicyclic) bond motifs is 1. The highest BCUT2D eigenvalue weighted by molar-refractivity contribution is 6.32. The summed E-state index contributed by atoms with van der Waals surface area (Å²) in [5, 5.41) is 6.61. The molecule has 0 aliphatic carbocycles. The maximum atomic E-state index is 6.05. The minimum atomic E-state index is 0.375. The lowest BCUT2D eigenvalue weighted by Crippen LogP contribution is -2.09. The molecule has 120 valence electrons. The van der Waals surface area contributed by atoms with Crippen LogP contribution in [0.2, 0.25) is 5.15 Å². The van der Waals surface area contributed by atoms with Crippen LogP contribution < -0.4 is 15.4 Å². The van der Waals surface area contributed by atoms with Crippen LogP contribution in [0.1, 0.15) is 5.82 Å². The van der Waals surface area contributed by atoms with Crippen molar-refractivity contribution in [3.05, 3.63) is 35.5 Å². The second kappa shape index (κ2) is 6.29. The molecule has 0 fully saturated rings. The van der Waals surface area contributed by atoms with E-state index in [0.717, 1.165) is 22.6 Å². The number of ether oxygens (including phenoxy) is 1. The van der Waals surface area contributed by atoms with Crippen molar-refractivity contribution in [2.24, 2.45) is 7.05 Å². The van der Waals surface area contributed by atoms with Gasteiger partial charge in [0.05, 0.1) is 24.7 Å². The molecule has 0 spiro atoms. The fraction of sp³-hybridized carbons (Fsp3) is 0.267. The third-order valence-corrected chi connectivity index (χ3v) is 3.93. The summed E-state index contributed by atoms with van der Waals surface area (Å²) in [5.74, 6) is 2.30. The second-order valence-electron chi connectivity index (χ2n) is 4.93. The number of benzene rings is 1. The van der Waals surface area contributed by atoms with Crippen LogP contribution in [-0.2, 0) is 13.6 Å². The summed E-state index contributed by atoms with van der Waals surface area (Å²) >= 11 is 6.05. The van der Waals surface area contributed by atoms with E-state index in [1.165, 1.54) is 6.33 Å². The molecule has 2 aromatic heterocycles. The number of imidazole rings is 1. The first-order chi connectivity index (χ1) is 11.1. The van der Waals surface area contributed by atoms with Gasteiger partial charge in [0, 0.05) is 20.2 Å². The first-order valence-electron chi connectivity index (χ1n) is 7.05. The third-order valence-electron chi connectivity index (χ3n) is 3.65. The van der Waals surface area contributed by atoms with Crippen molar-refractivity contribution >= 4 is 34.1 Å². The number of halogens is 1. The van der Waals surface area contributed by atoms with E-state index in [4.69, 9.17) is 16.3 Å². The third kappa shape index (κ3) is 2.87. The number of nitrogens with one attached hydrogen (secondary N) is 2. The Kier molecular flexibility index (Phi) is 4.20. The van der Waals surface area contributed by atoms with Gasteiger partial charge in [0.1, 0.15) is 23.6 Å². The number of hydrogen-bond acceptors (Lipinski definition) is 6. The molecule has 1 aromatic carbocycles. The number of aromatic nitrogens is 4. The number of hydrogen-bond donors (Lipinski definition) is 2. The molecule has 7 nitrogen and oxygen atoms in total. The second-order valence-corrected chi connectivity index (χ2v) is 5.29. The van der Waals surface area contributed by atoms with Crippen molar-refractivity contribution in [2.45, 2.75) is 6.54 Å². The highest BCUT2D eigenvalue weighted by Crippen LogP contribution is 2.26. The largest absolute Gasteiger partial charge is 0.497 e. The zero-order valence-corrected chi connectivity index (χ0v) is 13.8. The Bertz CT molecular complexity index is 847. The van der Waals surface area contributed by atoms with Crippen LogP contribution >= 0.6 is 11.6 Å². The molecule has 0 atom stereocenters. The fourth-order valence-corrected chi connectivity index (χ4v) is 2.62. The van der Waals surface area contributed by atoms with E-state index in [1.807, 2.05) is 29.8 Å². The Labute approximate surface area is 138 Å². The van der Waals surface area contributed by atoms with Crippen LogP contribution in [0, 0.1) is 0 Å². The molecular formula is C15H17ClN6O. The van der Waals surface area contributed by atoms with Gasteiger partial charge >= 0.3 is 0 Å². The average molecular weight is 333 g/mol. The van der Waals surface area contributed by atoms with Gasteiger partial charge in [-0.3, -0.25) is 0 Å². The predicted molar refractivity (Wildman–Crippen MR) is 91.2 cm³/mol. The lowest BCUT2D eigenvalue weighted by molar-refractivity contribution is 0.415. The van der Waals surface area contributed by atoms with E-state index in [1.54, 1.807) is 14.2 Å². The summed E-state index contributed by atoms with van der Waals surface area (Å²) in [6, 6.07) is 5.83. The van der Waals surface area contributed by atoms with Gasteiger partial charge in [0.2, 0.25) is 0 Å². The number of rotatable bonds is 5. The Hall–Kier alpha value is -2.54. The summed E-state index contributed by atoms with van der Waals surface area (Å²) in [5.41, 5.74) is 2.59. The fourth-order valence-electron chi connectivity index (χ4n) is 2.40. The van der Waals surface area contributed by atoms with Crippen molar-refractivity contribution in [1.82, 2.24) is 19.5 Å². The smallest absolute Gasteiger partial charge is 0.157 e. The molecule has 2 heterocycles. The first kappa shape index (κ1) is 15.4. The van der Waals surface area contributed by atoms with Crippen molar-refractivity contribution in [3.8, 4) is 5.75 Å². The number of nitrogens with zero attached hydrogens (tertiary/aromatic N) is 4. The molecule has 0 saturated carbocycles. The van der Waals surface area contributed by atoms with Crippen molar-refractivity contribution in [2.75, 3.05) is 24.8 Å². The van der Waals surface area contributed by atoms with Crippen LogP contribution in [0.3, 0.4) is 0 Å². The lowest BCUT2D eigenvalue weighted by atomic mass is 10.3. The van der Waals surface area contributed by atoms with Gasteiger partial charge in [0.25, 0.3) is 0 Å². The molecule has 0 saturated heterocycles. The number of methoxy groups -OCH3 is 1. The van der Waals surface area contributed by atoms with E-state index >= 15 is 0 Å². The Morgan fingerprint density at radius 3 is 2.87 bits per heavy atom.